The number of thioether (sulfide) groups is 1. The van der Waals surface area contributed by atoms with Gasteiger partial charge in [-0.15, -0.1) is 16.9 Å². The molecule has 0 fully saturated rings. The van der Waals surface area contributed by atoms with E-state index in [1.165, 1.54) is 6.07 Å². The fourth-order valence-corrected chi connectivity index (χ4v) is 2.83. The van der Waals surface area contributed by atoms with Crippen molar-refractivity contribution in [1.29, 1.82) is 0 Å². The SMILES string of the molecule is CCSc1cccc(C(=O)Nc2nnc(-c3ccc(F)cc3F)o2)c1. The lowest BCUT2D eigenvalue weighted by Gasteiger charge is -2.03. The van der Waals surface area contributed by atoms with Crippen LogP contribution in [-0.4, -0.2) is 21.9 Å². The molecule has 0 aliphatic carbocycles. The molecule has 0 atom stereocenters. The Labute approximate surface area is 146 Å². The van der Waals surface area contributed by atoms with E-state index in [9.17, 15) is 13.6 Å². The fraction of sp³-hybridized carbons (Fsp3) is 0.118. The van der Waals surface area contributed by atoms with Crippen molar-refractivity contribution in [3.63, 3.8) is 0 Å². The summed E-state index contributed by atoms with van der Waals surface area (Å²) in [7, 11) is 0. The second kappa shape index (κ2) is 7.43. The molecule has 0 aliphatic heterocycles. The molecule has 0 bridgehead atoms. The Morgan fingerprint density at radius 1 is 1.20 bits per heavy atom. The van der Waals surface area contributed by atoms with Crippen LogP contribution in [0.25, 0.3) is 11.5 Å². The first-order chi connectivity index (χ1) is 12.1. The van der Waals surface area contributed by atoms with Gasteiger partial charge in [-0.1, -0.05) is 18.1 Å². The van der Waals surface area contributed by atoms with E-state index in [0.29, 0.717) is 11.6 Å². The summed E-state index contributed by atoms with van der Waals surface area (Å²) < 4.78 is 31.9. The van der Waals surface area contributed by atoms with Crippen LogP contribution in [-0.2, 0) is 0 Å². The number of amides is 1. The summed E-state index contributed by atoms with van der Waals surface area (Å²) in [4.78, 5) is 13.2. The Balaban J connectivity index is 1.77. The predicted octanol–water partition coefficient (Wildman–Crippen LogP) is 4.38. The van der Waals surface area contributed by atoms with Gasteiger partial charge in [-0.2, -0.15) is 0 Å². The molecule has 0 saturated heterocycles. The van der Waals surface area contributed by atoms with Gasteiger partial charge in [0, 0.05) is 16.5 Å². The highest BCUT2D eigenvalue weighted by Crippen LogP contribution is 2.24. The topological polar surface area (TPSA) is 68.0 Å². The molecular formula is C17H13F2N3O2S. The monoisotopic (exact) mass is 361 g/mol. The Morgan fingerprint density at radius 3 is 2.80 bits per heavy atom. The molecule has 1 N–H and O–H groups in total. The highest BCUT2D eigenvalue weighted by Gasteiger charge is 2.16. The van der Waals surface area contributed by atoms with Gasteiger partial charge >= 0.3 is 6.01 Å². The normalized spacial score (nSPS) is 10.7. The van der Waals surface area contributed by atoms with Crippen LogP contribution in [0.15, 0.2) is 51.8 Å². The molecule has 3 rings (SSSR count). The molecule has 1 amide bonds. The van der Waals surface area contributed by atoms with Gasteiger partial charge in [0.2, 0.25) is 0 Å². The molecule has 128 valence electrons. The van der Waals surface area contributed by atoms with Crippen LogP contribution >= 0.6 is 11.8 Å². The van der Waals surface area contributed by atoms with Crippen LogP contribution < -0.4 is 5.32 Å². The van der Waals surface area contributed by atoms with Crippen molar-refractivity contribution in [1.82, 2.24) is 10.2 Å². The lowest BCUT2D eigenvalue weighted by molar-refractivity contribution is 0.102. The molecular weight excluding hydrogens is 348 g/mol. The minimum Gasteiger partial charge on any atom is -0.403 e. The van der Waals surface area contributed by atoms with Crippen LogP contribution in [0.3, 0.4) is 0 Å². The third-order valence-electron chi connectivity index (χ3n) is 3.21. The largest absolute Gasteiger partial charge is 0.403 e. The highest BCUT2D eigenvalue weighted by atomic mass is 32.2. The Bertz CT molecular complexity index is 914. The van der Waals surface area contributed by atoms with Gasteiger partial charge in [0.15, 0.2) is 0 Å². The maximum Gasteiger partial charge on any atom is 0.322 e. The quantitative estimate of drug-likeness (QED) is 0.683. The van der Waals surface area contributed by atoms with Crippen molar-refractivity contribution in [2.75, 3.05) is 11.1 Å². The average Bonchev–Trinajstić information content (AvgIpc) is 3.03. The van der Waals surface area contributed by atoms with Gasteiger partial charge in [-0.05, 0) is 36.1 Å². The number of aromatic nitrogens is 2. The molecule has 2 aromatic carbocycles. The smallest absolute Gasteiger partial charge is 0.322 e. The molecule has 3 aromatic rings. The molecule has 0 unspecified atom stereocenters. The number of halogens is 2. The third-order valence-corrected chi connectivity index (χ3v) is 4.09. The maximum absolute atomic E-state index is 13.7. The van der Waals surface area contributed by atoms with E-state index in [1.54, 1.807) is 30.0 Å². The van der Waals surface area contributed by atoms with Gasteiger partial charge in [-0.3, -0.25) is 10.1 Å². The van der Waals surface area contributed by atoms with E-state index in [2.05, 4.69) is 15.5 Å². The first-order valence-corrected chi connectivity index (χ1v) is 8.38. The highest BCUT2D eigenvalue weighted by molar-refractivity contribution is 7.99. The van der Waals surface area contributed by atoms with Gasteiger partial charge in [-0.25, -0.2) is 8.78 Å². The van der Waals surface area contributed by atoms with Gasteiger partial charge < -0.3 is 4.42 Å². The number of carbonyl (C=O) groups excluding carboxylic acids is 1. The minimum absolute atomic E-state index is 0.0456. The first-order valence-electron chi connectivity index (χ1n) is 7.40. The number of anilines is 1. The lowest BCUT2D eigenvalue weighted by atomic mass is 10.2. The van der Waals surface area contributed by atoms with Crippen molar-refractivity contribution < 1.29 is 18.0 Å². The Kier molecular flexibility index (Phi) is 5.08. The second-order valence-electron chi connectivity index (χ2n) is 4.95. The van der Waals surface area contributed by atoms with Gasteiger partial charge in [0.05, 0.1) is 5.56 Å². The van der Waals surface area contributed by atoms with Crippen molar-refractivity contribution >= 4 is 23.7 Å². The van der Waals surface area contributed by atoms with E-state index in [1.807, 2.05) is 13.0 Å². The average molecular weight is 361 g/mol. The standard InChI is InChI=1S/C17H13F2N3O2S/c1-2-25-12-5-3-4-10(8-12)15(23)20-17-22-21-16(24-17)13-7-6-11(18)9-14(13)19/h3-9H,2H2,1H3,(H,20,22,23). The molecule has 0 saturated carbocycles. The summed E-state index contributed by atoms with van der Waals surface area (Å²) in [6.07, 6.45) is 0. The number of benzene rings is 2. The zero-order valence-corrected chi connectivity index (χ0v) is 13.9. The van der Waals surface area contributed by atoms with Gasteiger partial charge in [0.25, 0.3) is 11.8 Å². The van der Waals surface area contributed by atoms with Crippen LogP contribution in [0.4, 0.5) is 14.8 Å². The number of rotatable bonds is 5. The summed E-state index contributed by atoms with van der Waals surface area (Å²) >= 11 is 1.61. The molecule has 5 nitrogen and oxygen atoms in total. The maximum atomic E-state index is 13.7. The Hall–Kier alpha value is -2.74. The zero-order chi connectivity index (χ0) is 17.8. The van der Waals surface area contributed by atoms with E-state index in [4.69, 9.17) is 4.42 Å². The predicted molar refractivity (Wildman–Crippen MR) is 90.4 cm³/mol. The van der Waals surface area contributed by atoms with E-state index in [-0.39, 0.29) is 17.5 Å². The summed E-state index contributed by atoms with van der Waals surface area (Å²) in [5.41, 5.74) is 0.391. The molecule has 1 aromatic heterocycles. The lowest BCUT2D eigenvalue weighted by Crippen LogP contribution is -2.12. The number of nitrogens with one attached hydrogen (secondary N) is 1. The van der Waals surface area contributed by atoms with Crippen molar-refractivity contribution in [3.05, 3.63) is 59.7 Å². The number of carbonyl (C=O) groups is 1. The Morgan fingerprint density at radius 2 is 2.04 bits per heavy atom. The van der Waals surface area contributed by atoms with Crippen LogP contribution in [0, 0.1) is 11.6 Å². The van der Waals surface area contributed by atoms with E-state index >= 15 is 0 Å². The minimum atomic E-state index is -0.828. The summed E-state index contributed by atoms with van der Waals surface area (Å²) in [5, 5.41) is 9.80. The third kappa shape index (κ3) is 4.03. The van der Waals surface area contributed by atoms with Crippen LogP contribution in [0.5, 0.6) is 0 Å². The molecule has 1 heterocycles. The summed E-state index contributed by atoms with van der Waals surface area (Å²) in [6, 6.07) is 9.92. The van der Waals surface area contributed by atoms with Crippen molar-refractivity contribution in [3.8, 4) is 11.5 Å². The van der Waals surface area contributed by atoms with Crippen LogP contribution in [0.2, 0.25) is 0 Å². The van der Waals surface area contributed by atoms with Crippen LogP contribution in [0.1, 0.15) is 17.3 Å². The van der Waals surface area contributed by atoms with Crippen molar-refractivity contribution in [2.45, 2.75) is 11.8 Å². The van der Waals surface area contributed by atoms with Gasteiger partial charge in [0.1, 0.15) is 11.6 Å². The summed E-state index contributed by atoms with van der Waals surface area (Å²) in [5.74, 6) is -1.22. The van der Waals surface area contributed by atoms with Crippen molar-refractivity contribution in [2.24, 2.45) is 0 Å². The molecule has 8 heteroatoms. The second-order valence-corrected chi connectivity index (χ2v) is 6.29. The number of nitrogens with zero attached hydrogens (tertiary/aromatic N) is 2. The number of hydrogen-bond donors (Lipinski definition) is 1. The molecule has 0 spiro atoms. The molecule has 0 aliphatic rings. The molecule has 25 heavy (non-hydrogen) atoms. The van der Waals surface area contributed by atoms with E-state index < -0.39 is 17.5 Å². The zero-order valence-electron chi connectivity index (χ0n) is 13.1. The fourth-order valence-electron chi connectivity index (χ4n) is 2.11. The summed E-state index contributed by atoms with van der Waals surface area (Å²) in [6.45, 7) is 2.02. The van der Waals surface area contributed by atoms with E-state index in [0.717, 1.165) is 16.7 Å². The number of hydrogen-bond acceptors (Lipinski definition) is 5. The molecule has 0 radical (unpaired) electrons. The first kappa shape index (κ1) is 17.1.